The van der Waals surface area contributed by atoms with E-state index in [0.717, 1.165) is 49.0 Å². The molecule has 0 bridgehead atoms. The van der Waals surface area contributed by atoms with Gasteiger partial charge in [0.25, 0.3) is 0 Å². The summed E-state index contributed by atoms with van der Waals surface area (Å²) in [5.41, 5.74) is 3.25. The third-order valence-corrected chi connectivity index (χ3v) is 5.45. The maximum Gasteiger partial charge on any atom is 0.226 e. The van der Waals surface area contributed by atoms with Gasteiger partial charge in [0.1, 0.15) is 5.01 Å². The number of thiazole rings is 1. The predicted molar refractivity (Wildman–Crippen MR) is 107 cm³/mol. The Morgan fingerprint density at radius 1 is 1.35 bits per heavy atom. The number of aromatic nitrogens is 1. The van der Waals surface area contributed by atoms with Crippen molar-refractivity contribution in [3.8, 4) is 10.6 Å². The summed E-state index contributed by atoms with van der Waals surface area (Å²) in [5, 5.41) is 5.72. The highest BCUT2D eigenvalue weighted by atomic mass is 32.1. The first kappa shape index (κ1) is 18.8. The van der Waals surface area contributed by atoms with Gasteiger partial charge in [-0.05, 0) is 18.7 Å². The number of nitrogens with zero attached hydrogens (tertiary/aromatic N) is 3. The molecule has 3 rings (SSSR count). The van der Waals surface area contributed by atoms with E-state index in [0.29, 0.717) is 13.0 Å². The number of piperazine rings is 1. The van der Waals surface area contributed by atoms with Crippen LogP contribution < -0.4 is 5.32 Å². The first-order valence-electron chi connectivity index (χ1n) is 8.96. The van der Waals surface area contributed by atoms with Gasteiger partial charge < -0.3 is 10.2 Å². The van der Waals surface area contributed by atoms with E-state index < -0.39 is 0 Å². The zero-order valence-electron chi connectivity index (χ0n) is 15.3. The molecule has 0 radical (unpaired) electrons. The highest BCUT2D eigenvalue weighted by Gasteiger charge is 2.14. The van der Waals surface area contributed by atoms with Crippen molar-refractivity contribution in [1.29, 1.82) is 0 Å². The van der Waals surface area contributed by atoms with Crippen LogP contribution >= 0.6 is 11.3 Å². The van der Waals surface area contributed by atoms with Gasteiger partial charge in [-0.1, -0.05) is 24.3 Å². The van der Waals surface area contributed by atoms with Gasteiger partial charge in [-0.15, -0.1) is 17.9 Å². The molecule has 6 heteroatoms. The second kappa shape index (κ2) is 9.07. The van der Waals surface area contributed by atoms with Crippen LogP contribution in [0.3, 0.4) is 0 Å². The molecule has 1 saturated heterocycles. The number of hydrogen-bond acceptors (Lipinski definition) is 5. The van der Waals surface area contributed by atoms with Crippen LogP contribution in [0.2, 0.25) is 0 Å². The smallest absolute Gasteiger partial charge is 0.226 e. The molecular weight excluding hydrogens is 344 g/mol. The molecule has 1 aliphatic heterocycles. The molecule has 1 N–H and O–H groups in total. The third kappa shape index (κ3) is 5.24. The summed E-state index contributed by atoms with van der Waals surface area (Å²) >= 11 is 1.59. The van der Waals surface area contributed by atoms with Crippen LogP contribution in [0.1, 0.15) is 11.3 Å². The summed E-state index contributed by atoms with van der Waals surface area (Å²) in [7, 11) is 2.18. The molecular formula is C20H26N4OS. The number of nitrogens with one attached hydrogen (secondary N) is 1. The van der Waals surface area contributed by atoms with Crippen molar-refractivity contribution in [2.45, 2.75) is 13.0 Å². The van der Waals surface area contributed by atoms with Crippen LogP contribution in [0.15, 0.2) is 42.3 Å². The lowest BCUT2D eigenvalue weighted by Gasteiger charge is -2.32. The fraction of sp³-hybridized carbons (Fsp3) is 0.400. The van der Waals surface area contributed by atoms with Crippen LogP contribution in [-0.4, -0.2) is 60.5 Å². The van der Waals surface area contributed by atoms with Crippen molar-refractivity contribution in [3.05, 3.63) is 53.6 Å². The van der Waals surface area contributed by atoms with Crippen LogP contribution in [0.5, 0.6) is 0 Å². The van der Waals surface area contributed by atoms with Gasteiger partial charge >= 0.3 is 0 Å². The number of benzene rings is 1. The molecule has 0 spiro atoms. The summed E-state index contributed by atoms with van der Waals surface area (Å²) in [6.45, 7) is 9.55. The molecule has 0 aliphatic carbocycles. The van der Waals surface area contributed by atoms with Crippen molar-refractivity contribution in [1.82, 2.24) is 20.1 Å². The Labute approximate surface area is 159 Å². The van der Waals surface area contributed by atoms with E-state index in [1.165, 1.54) is 5.56 Å². The number of likely N-dealkylation sites (N-methyl/N-ethyl adjacent to an activating group) is 1. The molecule has 2 aromatic rings. The van der Waals surface area contributed by atoms with E-state index in [4.69, 9.17) is 0 Å². The number of rotatable bonds is 7. The van der Waals surface area contributed by atoms with Crippen molar-refractivity contribution in [2.24, 2.45) is 0 Å². The second-order valence-corrected chi connectivity index (χ2v) is 7.55. The van der Waals surface area contributed by atoms with Crippen LogP contribution in [0, 0.1) is 0 Å². The Morgan fingerprint density at radius 3 is 2.92 bits per heavy atom. The minimum absolute atomic E-state index is 0.0226. The second-order valence-electron chi connectivity index (χ2n) is 6.69. The van der Waals surface area contributed by atoms with Gasteiger partial charge in [0.15, 0.2) is 0 Å². The maximum atomic E-state index is 11.8. The van der Waals surface area contributed by atoms with E-state index in [-0.39, 0.29) is 5.91 Å². The molecule has 1 aliphatic rings. The fourth-order valence-electron chi connectivity index (χ4n) is 3.00. The topological polar surface area (TPSA) is 48.5 Å². The standard InChI is InChI=1S/C20H26N4OS/c1-3-7-21-19(25)13-18-15-26-20(22-18)17-6-4-5-16(12-17)14-24-10-8-23(2)9-11-24/h3-6,12,15H,1,7-11,13-14H2,2H3,(H,21,25). The van der Waals surface area contributed by atoms with Gasteiger partial charge in [0.05, 0.1) is 12.1 Å². The van der Waals surface area contributed by atoms with Crippen molar-refractivity contribution >= 4 is 17.2 Å². The minimum Gasteiger partial charge on any atom is -0.352 e. The zero-order valence-corrected chi connectivity index (χ0v) is 16.1. The average Bonchev–Trinajstić information content (AvgIpc) is 3.11. The lowest BCUT2D eigenvalue weighted by molar-refractivity contribution is -0.120. The van der Waals surface area contributed by atoms with Crippen molar-refractivity contribution < 1.29 is 4.79 Å². The van der Waals surface area contributed by atoms with E-state index in [2.05, 4.69) is 58.0 Å². The fourth-order valence-corrected chi connectivity index (χ4v) is 3.82. The largest absolute Gasteiger partial charge is 0.352 e. The summed E-state index contributed by atoms with van der Waals surface area (Å²) in [4.78, 5) is 21.3. The molecule has 1 fully saturated rings. The van der Waals surface area contributed by atoms with Gasteiger partial charge in [0.2, 0.25) is 5.91 Å². The maximum absolute atomic E-state index is 11.8. The normalized spacial score (nSPS) is 15.7. The summed E-state index contributed by atoms with van der Waals surface area (Å²) in [6.07, 6.45) is 1.99. The Bertz CT molecular complexity index is 750. The molecule has 1 aromatic heterocycles. The van der Waals surface area contributed by atoms with Gasteiger partial charge in [-0.3, -0.25) is 9.69 Å². The molecule has 0 unspecified atom stereocenters. The third-order valence-electron chi connectivity index (χ3n) is 4.51. The van der Waals surface area contributed by atoms with E-state index >= 15 is 0 Å². The van der Waals surface area contributed by atoms with Crippen LogP contribution in [-0.2, 0) is 17.8 Å². The van der Waals surface area contributed by atoms with Gasteiger partial charge in [-0.2, -0.15) is 0 Å². The van der Waals surface area contributed by atoms with Gasteiger partial charge in [0, 0.05) is 50.2 Å². The van der Waals surface area contributed by atoms with E-state index in [1.54, 1.807) is 17.4 Å². The monoisotopic (exact) mass is 370 g/mol. The zero-order chi connectivity index (χ0) is 18.4. The Kier molecular flexibility index (Phi) is 6.55. The van der Waals surface area contributed by atoms with Crippen molar-refractivity contribution in [3.63, 3.8) is 0 Å². The quantitative estimate of drug-likeness (QED) is 0.761. The molecule has 0 saturated carbocycles. The molecule has 1 aromatic carbocycles. The summed E-state index contributed by atoms with van der Waals surface area (Å²) in [6, 6.07) is 8.59. The molecule has 2 heterocycles. The molecule has 0 atom stereocenters. The molecule has 138 valence electrons. The Balaban J connectivity index is 1.63. The molecule has 1 amide bonds. The number of carbonyl (C=O) groups excluding carboxylic acids is 1. The SMILES string of the molecule is C=CCNC(=O)Cc1csc(-c2cccc(CN3CCN(C)CC3)c2)n1. The number of carbonyl (C=O) groups is 1. The molecule has 26 heavy (non-hydrogen) atoms. The van der Waals surface area contributed by atoms with Crippen LogP contribution in [0.25, 0.3) is 10.6 Å². The number of hydrogen-bond donors (Lipinski definition) is 1. The summed E-state index contributed by atoms with van der Waals surface area (Å²) < 4.78 is 0. The highest BCUT2D eigenvalue weighted by Crippen LogP contribution is 2.25. The van der Waals surface area contributed by atoms with Crippen LogP contribution in [0.4, 0.5) is 0 Å². The predicted octanol–water partition coefficient (Wildman–Crippen LogP) is 2.40. The van der Waals surface area contributed by atoms with Crippen molar-refractivity contribution in [2.75, 3.05) is 39.8 Å². The highest BCUT2D eigenvalue weighted by molar-refractivity contribution is 7.13. The number of amides is 1. The minimum atomic E-state index is -0.0226. The molecule has 5 nitrogen and oxygen atoms in total. The lowest BCUT2D eigenvalue weighted by atomic mass is 10.1. The lowest BCUT2D eigenvalue weighted by Crippen LogP contribution is -2.43. The first-order chi connectivity index (χ1) is 12.6. The Hall–Kier alpha value is -2.02. The van der Waals surface area contributed by atoms with E-state index in [1.807, 2.05) is 5.38 Å². The van der Waals surface area contributed by atoms with E-state index in [9.17, 15) is 4.79 Å². The first-order valence-corrected chi connectivity index (χ1v) is 9.84. The van der Waals surface area contributed by atoms with Gasteiger partial charge in [-0.25, -0.2) is 4.98 Å². The summed E-state index contributed by atoms with van der Waals surface area (Å²) in [5.74, 6) is -0.0226. The average molecular weight is 371 g/mol. The Morgan fingerprint density at radius 2 is 2.15 bits per heavy atom.